The van der Waals surface area contributed by atoms with E-state index in [1.165, 1.54) is 21.7 Å². The molecular formula is C23H32N2O3S. The van der Waals surface area contributed by atoms with Crippen LogP contribution in [-0.4, -0.2) is 33.7 Å². The van der Waals surface area contributed by atoms with Gasteiger partial charge in [0.25, 0.3) is 0 Å². The molecule has 0 bridgehead atoms. The minimum atomic E-state index is -3.39. The lowest BCUT2D eigenvalue weighted by Crippen LogP contribution is -2.32. The molecule has 0 aromatic heterocycles. The van der Waals surface area contributed by atoms with Crippen LogP contribution in [-0.2, 0) is 27.7 Å². The topological polar surface area (TPSA) is 66.5 Å². The predicted molar refractivity (Wildman–Crippen MR) is 120 cm³/mol. The zero-order valence-corrected chi connectivity index (χ0v) is 18.5. The number of carbonyl (C=O) groups is 1. The lowest BCUT2D eigenvalue weighted by Gasteiger charge is -2.22. The molecule has 6 heteroatoms. The van der Waals surface area contributed by atoms with Gasteiger partial charge in [0, 0.05) is 19.5 Å². The Bertz CT molecular complexity index is 893. The maximum Gasteiger partial charge on any atom is 0.232 e. The van der Waals surface area contributed by atoms with Gasteiger partial charge < -0.3 is 5.32 Å². The molecule has 0 radical (unpaired) electrons. The zero-order valence-electron chi connectivity index (χ0n) is 17.6. The van der Waals surface area contributed by atoms with Crippen molar-refractivity contribution in [1.29, 1.82) is 0 Å². The van der Waals surface area contributed by atoms with Gasteiger partial charge in [-0.1, -0.05) is 48.9 Å². The Morgan fingerprint density at radius 2 is 1.76 bits per heavy atom. The average molecular weight is 417 g/mol. The van der Waals surface area contributed by atoms with E-state index in [9.17, 15) is 13.2 Å². The lowest BCUT2D eigenvalue weighted by molar-refractivity contribution is -0.121. The van der Waals surface area contributed by atoms with Crippen molar-refractivity contribution in [2.75, 3.05) is 23.7 Å². The van der Waals surface area contributed by atoms with E-state index in [4.69, 9.17) is 0 Å². The molecule has 0 heterocycles. The number of amides is 1. The van der Waals surface area contributed by atoms with E-state index in [-0.39, 0.29) is 5.91 Å². The van der Waals surface area contributed by atoms with Crippen LogP contribution < -0.4 is 9.62 Å². The number of anilines is 1. The van der Waals surface area contributed by atoms with E-state index < -0.39 is 10.0 Å². The minimum Gasteiger partial charge on any atom is -0.356 e. The van der Waals surface area contributed by atoms with Crippen molar-refractivity contribution in [3.63, 3.8) is 0 Å². The largest absolute Gasteiger partial charge is 0.356 e. The Labute approximate surface area is 175 Å². The summed E-state index contributed by atoms with van der Waals surface area (Å²) in [7, 11) is -3.39. The van der Waals surface area contributed by atoms with E-state index in [0.29, 0.717) is 31.6 Å². The molecule has 0 atom stereocenters. The fourth-order valence-electron chi connectivity index (χ4n) is 3.24. The molecule has 5 nitrogen and oxygen atoms in total. The van der Waals surface area contributed by atoms with E-state index in [2.05, 4.69) is 37.4 Å². The SMILES string of the molecule is CCc1ccc(N(CCCC(=O)NCCCc2cccc(C)c2)S(C)(=O)=O)cc1. The highest BCUT2D eigenvalue weighted by molar-refractivity contribution is 7.92. The minimum absolute atomic E-state index is 0.0379. The highest BCUT2D eigenvalue weighted by Gasteiger charge is 2.17. The maximum atomic E-state index is 12.2. The third-order valence-corrected chi connectivity index (χ3v) is 6.04. The van der Waals surface area contributed by atoms with Crippen molar-refractivity contribution >= 4 is 21.6 Å². The monoisotopic (exact) mass is 416 g/mol. The second-order valence-electron chi connectivity index (χ2n) is 7.40. The fraction of sp³-hybridized carbons (Fsp3) is 0.435. The molecule has 0 aliphatic carbocycles. The van der Waals surface area contributed by atoms with Crippen molar-refractivity contribution < 1.29 is 13.2 Å². The van der Waals surface area contributed by atoms with Crippen LogP contribution in [0.4, 0.5) is 5.69 Å². The number of nitrogens with zero attached hydrogens (tertiary/aromatic N) is 1. The molecule has 2 aromatic rings. The number of nitrogens with one attached hydrogen (secondary N) is 1. The Hall–Kier alpha value is -2.34. The van der Waals surface area contributed by atoms with Gasteiger partial charge in [-0.15, -0.1) is 0 Å². The molecule has 1 amide bonds. The zero-order chi connectivity index (χ0) is 21.3. The van der Waals surface area contributed by atoms with Crippen molar-refractivity contribution in [2.24, 2.45) is 0 Å². The normalized spacial score (nSPS) is 11.3. The first-order chi connectivity index (χ1) is 13.8. The number of benzene rings is 2. The van der Waals surface area contributed by atoms with Crippen LogP contribution in [0.3, 0.4) is 0 Å². The number of hydrogen-bond donors (Lipinski definition) is 1. The fourth-order valence-corrected chi connectivity index (χ4v) is 4.21. The molecular weight excluding hydrogens is 384 g/mol. The van der Waals surface area contributed by atoms with Crippen LogP contribution in [0.1, 0.15) is 42.9 Å². The number of sulfonamides is 1. The standard InChI is InChI=1S/C23H32N2O3S/c1-4-20-12-14-22(15-13-20)25(29(3,27)28)17-7-11-23(26)24-16-6-10-21-9-5-8-19(2)18-21/h5,8-9,12-15,18H,4,6-7,10-11,16-17H2,1-3H3,(H,24,26). The molecule has 1 N–H and O–H groups in total. The van der Waals surface area contributed by atoms with Crippen molar-refractivity contribution in [3.8, 4) is 0 Å². The summed E-state index contributed by atoms with van der Waals surface area (Å²) in [4.78, 5) is 12.1. The van der Waals surface area contributed by atoms with Crippen LogP contribution in [0, 0.1) is 6.92 Å². The van der Waals surface area contributed by atoms with Crippen LogP contribution in [0.25, 0.3) is 0 Å². The second-order valence-corrected chi connectivity index (χ2v) is 9.31. The Morgan fingerprint density at radius 3 is 2.38 bits per heavy atom. The highest BCUT2D eigenvalue weighted by atomic mass is 32.2. The number of aryl methyl sites for hydroxylation is 3. The summed E-state index contributed by atoms with van der Waals surface area (Å²) in [6.45, 7) is 5.05. The molecule has 29 heavy (non-hydrogen) atoms. The van der Waals surface area contributed by atoms with Gasteiger partial charge in [0.1, 0.15) is 0 Å². The lowest BCUT2D eigenvalue weighted by atomic mass is 10.1. The third kappa shape index (κ3) is 7.89. The van der Waals surface area contributed by atoms with Gasteiger partial charge in [0.15, 0.2) is 0 Å². The quantitative estimate of drug-likeness (QED) is 0.566. The van der Waals surface area contributed by atoms with Gasteiger partial charge in [-0.3, -0.25) is 9.10 Å². The number of rotatable bonds is 11. The van der Waals surface area contributed by atoms with Crippen LogP contribution in [0.5, 0.6) is 0 Å². The van der Waals surface area contributed by atoms with Gasteiger partial charge in [0.05, 0.1) is 11.9 Å². The van der Waals surface area contributed by atoms with E-state index >= 15 is 0 Å². The van der Waals surface area contributed by atoms with Gasteiger partial charge in [-0.25, -0.2) is 8.42 Å². The summed E-state index contributed by atoms with van der Waals surface area (Å²) in [5.74, 6) is -0.0379. The van der Waals surface area contributed by atoms with Crippen LogP contribution in [0.15, 0.2) is 48.5 Å². The molecule has 158 valence electrons. The van der Waals surface area contributed by atoms with Gasteiger partial charge in [0.2, 0.25) is 15.9 Å². The third-order valence-electron chi connectivity index (χ3n) is 4.84. The van der Waals surface area contributed by atoms with Crippen LogP contribution >= 0.6 is 0 Å². The first-order valence-electron chi connectivity index (χ1n) is 10.2. The van der Waals surface area contributed by atoms with Crippen LogP contribution in [0.2, 0.25) is 0 Å². The van der Waals surface area contributed by atoms with E-state index in [1.807, 2.05) is 30.3 Å². The smallest absolute Gasteiger partial charge is 0.232 e. The van der Waals surface area contributed by atoms with E-state index in [1.54, 1.807) is 0 Å². The maximum absolute atomic E-state index is 12.2. The first kappa shape index (κ1) is 22.9. The summed E-state index contributed by atoms with van der Waals surface area (Å²) in [6.07, 6.45) is 4.71. The molecule has 0 saturated carbocycles. The molecule has 0 aliphatic rings. The highest BCUT2D eigenvalue weighted by Crippen LogP contribution is 2.19. The number of hydrogen-bond acceptors (Lipinski definition) is 3. The average Bonchev–Trinajstić information content (AvgIpc) is 2.68. The molecule has 2 aromatic carbocycles. The molecule has 0 aliphatic heterocycles. The summed E-state index contributed by atoms with van der Waals surface area (Å²) in [5.41, 5.74) is 4.32. The molecule has 0 spiro atoms. The first-order valence-corrected chi connectivity index (χ1v) is 12.0. The molecule has 2 rings (SSSR count). The Kier molecular flexibility index (Phi) is 8.70. The van der Waals surface area contributed by atoms with Crippen molar-refractivity contribution in [1.82, 2.24) is 5.32 Å². The summed E-state index contributed by atoms with van der Waals surface area (Å²) in [5, 5.41) is 2.93. The summed E-state index contributed by atoms with van der Waals surface area (Å²) >= 11 is 0. The predicted octanol–water partition coefficient (Wildman–Crippen LogP) is 3.85. The summed E-state index contributed by atoms with van der Waals surface area (Å²) < 4.78 is 25.7. The van der Waals surface area contributed by atoms with Crippen molar-refractivity contribution in [3.05, 3.63) is 65.2 Å². The van der Waals surface area contributed by atoms with Gasteiger partial charge >= 0.3 is 0 Å². The van der Waals surface area contributed by atoms with Gasteiger partial charge in [-0.2, -0.15) is 0 Å². The summed E-state index contributed by atoms with van der Waals surface area (Å²) in [6, 6.07) is 15.9. The van der Waals surface area contributed by atoms with Gasteiger partial charge in [-0.05, 0) is 55.9 Å². The number of carbonyl (C=O) groups excluding carboxylic acids is 1. The van der Waals surface area contributed by atoms with Crippen molar-refractivity contribution in [2.45, 2.75) is 46.0 Å². The molecule has 0 fully saturated rings. The molecule has 0 unspecified atom stereocenters. The molecule has 0 saturated heterocycles. The second kappa shape index (κ2) is 11.0. The Morgan fingerprint density at radius 1 is 1.03 bits per heavy atom. The Balaban J connectivity index is 1.76. The van der Waals surface area contributed by atoms with E-state index in [0.717, 1.165) is 24.8 Å².